The van der Waals surface area contributed by atoms with Gasteiger partial charge in [-0.1, -0.05) is 77.1 Å². The molecular weight excluding hydrogens is 417 g/mol. The number of fused-ring (bicyclic) bond motifs is 3. The molecule has 0 aliphatic carbocycles. The maximum Gasteiger partial charge on any atom is 0.152 e. The van der Waals surface area contributed by atoms with Gasteiger partial charge in [0, 0.05) is 19.5 Å². The van der Waals surface area contributed by atoms with E-state index in [4.69, 9.17) is 0 Å². The molecular formula is C27H36S2Si. The van der Waals surface area contributed by atoms with Crippen LogP contribution < -0.4 is 15.6 Å². The molecule has 3 heterocycles. The molecule has 30 heavy (non-hydrogen) atoms. The Morgan fingerprint density at radius 3 is 1.93 bits per heavy atom. The van der Waals surface area contributed by atoms with Crippen LogP contribution in [0.25, 0.3) is 9.75 Å². The molecule has 2 aromatic heterocycles. The van der Waals surface area contributed by atoms with E-state index in [1.54, 1.807) is 25.3 Å². The van der Waals surface area contributed by atoms with Crippen LogP contribution in [0.4, 0.5) is 0 Å². The Kier molecular flexibility index (Phi) is 6.72. The van der Waals surface area contributed by atoms with Crippen molar-refractivity contribution in [3.63, 3.8) is 0 Å². The highest BCUT2D eigenvalue weighted by atomic mass is 32.1. The average molecular weight is 453 g/mol. The fraction of sp³-hybridized carbons (Fsp3) is 0.481. The van der Waals surface area contributed by atoms with E-state index < -0.39 is 8.07 Å². The molecule has 0 fully saturated rings. The number of aryl methyl sites for hydroxylation is 3. The summed E-state index contributed by atoms with van der Waals surface area (Å²) in [5.74, 6) is 0.825. The lowest BCUT2D eigenvalue weighted by Crippen LogP contribution is -2.65. The Labute approximate surface area is 192 Å². The Morgan fingerprint density at radius 1 is 0.833 bits per heavy atom. The van der Waals surface area contributed by atoms with Crippen LogP contribution in [0.2, 0.25) is 6.04 Å². The van der Waals surface area contributed by atoms with Crippen LogP contribution in [0.1, 0.15) is 68.2 Å². The standard InChI is InChI=1S/C27H36S2Si/c1-6-9-11-21(8-3)18-30(23-14-12-22(10-7-2)13-15-23)24-16-19(4)28-26(24)27-25(30)17-20(5)29-27/h12-17,21H,6-11,18H2,1-5H3. The minimum absolute atomic E-state index is 0.825. The van der Waals surface area contributed by atoms with E-state index in [0.29, 0.717) is 0 Å². The van der Waals surface area contributed by atoms with E-state index in [-0.39, 0.29) is 0 Å². The summed E-state index contributed by atoms with van der Waals surface area (Å²) in [5, 5.41) is 5.10. The summed E-state index contributed by atoms with van der Waals surface area (Å²) >= 11 is 4.08. The first kappa shape index (κ1) is 22.0. The van der Waals surface area contributed by atoms with Crippen LogP contribution in [0.15, 0.2) is 36.4 Å². The molecule has 1 unspecified atom stereocenters. The van der Waals surface area contributed by atoms with Gasteiger partial charge < -0.3 is 0 Å². The Morgan fingerprint density at radius 2 is 1.43 bits per heavy atom. The van der Waals surface area contributed by atoms with Crippen LogP contribution in [0.3, 0.4) is 0 Å². The third-order valence-corrected chi connectivity index (χ3v) is 14.7. The van der Waals surface area contributed by atoms with Gasteiger partial charge in [-0.05, 0) is 65.5 Å². The summed E-state index contributed by atoms with van der Waals surface area (Å²) in [6.45, 7) is 11.6. The first-order chi connectivity index (χ1) is 14.5. The smallest absolute Gasteiger partial charge is 0.140 e. The van der Waals surface area contributed by atoms with E-state index in [0.717, 1.165) is 5.92 Å². The highest BCUT2D eigenvalue weighted by molar-refractivity contribution is 7.31. The zero-order valence-corrected chi connectivity index (χ0v) is 21.9. The van der Waals surface area contributed by atoms with Crippen molar-refractivity contribution >= 4 is 46.3 Å². The molecule has 1 atom stereocenters. The molecule has 0 N–H and O–H groups in total. The minimum Gasteiger partial charge on any atom is -0.140 e. The fourth-order valence-electron chi connectivity index (χ4n) is 5.41. The Bertz CT molecular complexity index is 946. The third kappa shape index (κ3) is 3.78. The maximum absolute atomic E-state index is 2.57. The third-order valence-electron chi connectivity index (χ3n) is 6.96. The molecule has 1 aliphatic heterocycles. The number of thiophene rings is 2. The fourth-order valence-corrected chi connectivity index (χ4v) is 14.8. The van der Waals surface area contributed by atoms with E-state index in [1.807, 2.05) is 22.7 Å². The van der Waals surface area contributed by atoms with Crippen molar-refractivity contribution in [1.82, 2.24) is 0 Å². The molecule has 3 heteroatoms. The van der Waals surface area contributed by atoms with Gasteiger partial charge in [-0.3, -0.25) is 0 Å². The lowest BCUT2D eigenvalue weighted by molar-refractivity contribution is 0.488. The SMILES string of the molecule is CCCCC(CC)C[Si]1(c2ccc(CCC)cc2)c2cc(C)sc2-c2sc(C)cc21. The summed E-state index contributed by atoms with van der Waals surface area (Å²) < 4.78 is 0. The summed E-state index contributed by atoms with van der Waals surface area (Å²) in [4.78, 5) is 6.18. The Balaban J connectivity index is 1.89. The quantitative estimate of drug-likeness (QED) is 0.305. The highest BCUT2D eigenvalue weighted by Gasteiger charge is 2.50. The van der Waals surface area contributed by atoms with Crippen LogP contribution >= 0.6 is 22.7 Å². The van der Waals surface area contributed by atoms with Gasteiger partial charge in [0.05, 0.1) is 0 Å². The topological polar surface area (TPSA) is 0 Å². The summed E-state index contributed by atoms with van der Waals surface area (Å²) in [6.07, 6.45) is 7.77. The Hall–Kier alpha value is -1.16. The average Bonchev–Trinajstić information content (AvgIpc) is 3.37. The van der Waals surface area contributed by atoms with Crippen molar-refractivity contribution in [2.45, 2.75) is 79.2 Å². The van der Waals surface area contributed by atoms with Crippen molar-refractivity contribution in [3.8, 4) is 9.75 Å². The van der Waals surface area contributed by atoms with E-state index in [1.165, 1.54) is 59.9 Å². The zero-order chi connectivity index (χ0) is 21.3. The summed E-state index contributed by atoms with van der Waals surface area (Å²) in [5.41, 5.74) is 1.49. The maximum atomic E-state index is 2.57. The second-order valence-corrected chi connectivity index (χ2v) is 15.6. The molecule has 0 saturated heterocycles. The van der Waals surface area contributed by atoms with Gasteiger partial charge >= 0.3 is 0 Å². The largest absolute Gasteiger partial charge is 0.152 e. The van der Waals surface area contributed by atoms with Gasteiger partial charge in [0.2, 0.25) is 0 Å². The molecule has 0 saturated carbocycles. The molecule has 160 valence electrons. The van der Waals surface area contributed by atoms with Gasteiger partial charge in [0.1, 0.15) is 0 Å². The number of benzene rings is 1. The summed E-state index contributed by atoms with van der Waals surface area (Å²) in [7, 11) is -1.97. The van der Waals surface area contributed by atoms with Crippen molar-refractivity contribution in [2.24, 2.45) is 5.92 Å². The predicted molar refractivity (Wildman–Crippen MR) is 140 cm³/mol. The first-order valence-electron chi connectivity index (χ1n) is 11.8. The molecule has 1 aromatic carbocycles. The van der Waals surface area contributed by atoms with Gasteiger partial charge in [0.15, 0.2) is 8.07 Å². The monoisotopic (exact) mass is 452 g/mol. The van der Waals surface area contributed by atoms with Crippen LogP contribution in [0, 0.1) is 19.8 Å². The van der Waals surface area contributed by atoms with Crippen LogP contribution in [-0.4, -0.2) is 8.07 Å². The van der Waals surface area contributed by atoms with Crippen LogP contribution in [-0.2, 0) is 6.42 Å². The van der Waals surface area contributed by atoms with Gasteiger partial charge in [0.25, 0.3) is 0 Å². The van der Waals surface area contributed by atoms with Crippen LogP contribution in [0.5, 0.6) is 0 Å². The van der Waals surface area contributed by atoms with Crippen molar-refractivity contribution in [2.75, 3.05) is 0 Å². The zero-order valence-electron chi connectivity index (χ0n) is 19.3. The van der Waals surface area contributed by atoms with Gasteiger partial charge in [-0.15, -0.1) is 22.7 Å². The number of hydrogen-bond acceptors (Lipinski definition) is 2. The molecule has 1 aliphatic rings. The molecule has 4 rings (SSSR count). The minimum atomic E-state index is -1.97. The van der Waals surface area contributed by atoms with Gasteiger partial charge in [-0.2, -0.15) is 0 Å². The molecule has 0 bridgehead atoms. The normalized spacial score (nSPS) is 15.2. The predicted octanol–water partition coefficient (Wildman–Crippen LogP) is 7.05. The summed E-state index contributed by atoms with van der Waals surface area (Å²) in [6, 6.07) is 16.4. The molecule has 0 spiro atoms. The van der Waals surface area contributed by atoms with E-state index in [9.17, 15) is 0 Å². The van der Waals surface area contributed by atoms with E-state index >= 15 is 0 Å². The number of unbranched alkanes of at least 4 members (excludes halogenated alkanes) is 1. The number of rotatable bonds is 9. The molecule has 0 amide bonds. The second-order valence-electron chi connectivity index (χ2n) is 9.17. The molecule has 0 radical (unpaired) electrons. The molecule has 0 nitrogen and oxygen atoms in total. The van der Waals surface area contributed by atoms with Crippen molar-refractivity contribution in [1.29, 1.82) is 0 Å². The van der Waals surface area contributed by atoms with Gasteiger partial charge in [-0.25, -0.2) is 0 Å². The number of hydrogen-bond donors (Lipinski definition) is 0. The second kappa shape index (κ2) is 9.14. The lowest BCUT2D eigenvalue weighted by Gasteiger charge is -2.33. The van der Waals surface area contributed by atoms with Crippen molar-refractivity contribution < 1.29 is 0 Å². The lowest BCUT2D eigenvalue weighted by atomic mass is 10.0. The molecule has 3 aromatic rings. The van der Waals surface area contributed by atoms with Crippen molar-refractivity contribution in [3.05, 3.63) is 51.7 Å². The highest BCUT2D eigenvalue weighted by Crippen LogP contribution is 2.41. The first-order valence-corrected chi connectivity index (χ1v) is 15.7. The van der Waals surface area contributed by atoms with E-state index in [2.05, 4.69) is 71.0 Å².